The Labute approximate surface area is 140 Å². The molecule has 0 spiro atoms. The van der Waals surface area contributed by atoms with E-state index in [1.165, 1.54) is 40.7 Å². The van der Waals surface area contributed by atoms with Crippen LogP contribution in [0, 0.1) is 0 Å². The van der Waals surface area contributed by atoms with E-state index in [-0.39, 0.29) is 18.0 Å². The molecule has 0 saturated heterocycles. The van der Waals surface area contributed by atoms with Crippen molar-refractivity contribution in [3.05, 3.63) is 61.7 Å². The van der Waals surface area contributed by atoms with Crippen molar-refractivity contribution in [2.75, 3.05) is 18.4 Å². The van der Waals surface area contributed by atoms with Gasteiger partial charge in [-0.25, -0.2) is 13.2 Å². The molecule has 0 bridgehead atoms. The molecule has 1 amide bonds. The summed E-state index contributed by atoms with van der Waals surface area (Å²) in [6, 6.07) is 5.54. The number of hydrogen-bond donors (Lipinski definition) is 2. The van der Waals surface area contributed by atoms with Crippen molar-refractivity contribution in [2.24, 2.45) is 0 Å². The van der Waals surface area contributed by atoms with Gasteiger partial charge in [0.1, 0.15) is 0 Å². The van der Waals surface area contributed by atoms with Gasteiger partial charge in [0, 0.05) is 30.9 Å². The SMILES string of the molecule is C=CCN(CC=C)S(=O)(=O)c1ccc(NC(=O)C=CC(=O)O)cc1. The maximum absolute atomic E-state index is 12.5. The van der Waals surface area contributed by atoms with Gasteiger partial charge in [0.05, 0.1) is 4.90 Å². The van der Waals surface area contributed by atoms with Gasteiger partial charge in [-0.3, -0.25) is 4.79 Å². The van der Waals surface area contributed by atoms with Crippen LogP contribution in [0.3, 0.4) is 0 Å². The van der Waals surface area contributed by atoms with Gasteiger partial charge in [0.2, 0.25) is 15.9 Å². The largest absolute Gasteiger partial charge is 0.478 e. The molecule has 0 saturated carbocycles. The Bertz CT molecular complexity index is 741. The molecule has 1 aromatic rings. The van der Waals surface area contributed by atoms with Gasteiger partial charge in [0.25, 0.3) is 0 Å². The maximum atomic E-state index is 12.5. The fraction of sp³-hybridized carbons (Fsp3) is 0.125. The van der Waals surface area contributed by atoms with E-state index >= 15 is 0 Å². The number of aliphatic carboxylic acids is 1. The van der Waals surface area contributed by atoms with Crippen LogP contribution in [0.25, 0.3) is 0 Å². The zero-order valence-electron chi connectivity index (χ0n) is 12.9. The van der Waals surface area contributed by atoms with Crippen LogP contribution in [-0.4, -0.2) is 42.8 Å². The highest BCUT2D eigenvalue weighted by atomic mass is 32.2. The smallest absolute Gasteiger partial charge is 0.328 e. The molecule has 0 radical (unpaired) electrons. The molecule has 1 rings (SSSR count). The van der Waals surface area contributed by atoms with Crippen molar-refractivity contribution in [2.45, 2.75) is 4.90 Å². The first-order valence-electron chi connectivity index (χ1n) is 6.85. The fourth-order valence-electron chi connectivity index (χ4n) is 1.75. The second-order valence-corrected chi connectivity index (χ2v) is 6.52. The number of amides is 1. The predicted molar refractivity (Wildman–Crippen MR) is 91.0 cm³/mol. The van der Waals surface area contributed by atoms with Crippen molar-refractivity contribution in [3.63, 3.8) is 0 Å². The molecular weight excluding hydrogens is 332 g/mol. The monoisotopic (exact) mass is 350 g/mol. The van der Waals surface area contributed by atoms with E-state index in [4.69, 9.17) is 5.11 Å². The molecular formula is C16H18N2O5S. The lowest BCUT2D eigenvalue weighted by Crippen LogP contribution is -2.31. The third kappa shape index (κ3) is 5.49. The molecule has 128 valence electrons. The van der Waals surface area contributed by atoms with E-state index in [2.05, 4.69) is 18.5 Å². The minimum atomic E-state index is -3.71. The van der Waals surface area contributed by atoms with Crippen LogP contribution in [0.2, 0.25) is 0 Å². The summed E-state index contributed by atoms with van der Waals surface area (Å²) in [4.78, 5) is 21.9. The summed E-state index contributed by atoms with van der Waals surface area (Å²) in [5.74, 6) is -1.87. The lowest BCUT2D eigenvalue weighted by molar-refractivity contribution is -0.131. The Morgan fingerprint density at radius 1 is 1.08 bits per heavy atom. The van der Waals surface area contributed by atoms with Gasteiger partial charge in [-0.05, 0) is 24.3 Å². The first-order valence-corrected chi connectivity index (χ1v) is 8.29. The molecule has 7 nitrogen and oxygen atoms in total. The Morgan fingerprint density at radius 2 is 1.62 bits per heavy atom. The van der Waals surface area contributed by atoms with Crippen molar-refractivity contribution in [3.8, 4) is 0 Å². The second kappa shape index (κ2) is 8.80. The topological polar surface area (TPSA) is 104 Å². The number of carboxylic acids is 1. The van der Waals surface area contributed by atoms with Crippen LogP contribution in [0.1, 0.15) is 0 Å². The third-order valence-corrected chi connectivity index (χ3v) is 4.65. The molecule has 1 aromatic carbocycles. The van der Waals surface area contributed by atoms with Crippen LogP contribution < -0.4 is 5.32 Å². The van der Waals surface area contributed by atoms with Crippen molar-refractivity contribution < 1.29 is 23.1 Å². The number of nitrogens with one attached hydrogen (secondary N) is 1. The zero-order valence-corrected chi connectivity index (χ0v) is 13.7. The summed E-state index contributed by atoms with van der Waals surface area (Å²) in [6.45, 7) is 7.35. The molecule has 2 N–H and O–H groups in total. The van der Waals surface area contributed by atoms with Gasteiger partial charge in [-0.2, -0.15) is 4.31 Å². The Balaban J connectivity index is 2.93. The molecule has 0 aliphatic carbocycles. The first-order chi connectivity index (χ1) is 11.3. The predicted octanol–water partition coefficient (Wildman–Crippen LogP) is 1.63. The van der Waals surface area contributed by atoms with Crippen LogP contribution in [0.15, 0.2) is 66.6 Å². The summed E-state index contributed by atoms with van der Waals surface area (Å²) < 4.78 is 26.2. The lowest BCUT2D eigenvalue weighted by Gasteiger charge is -2.19. The van der Waals surface area contributed by atoms with Crippen LogP contribution in [-0.2, 0) is 19.6 Å². The van der Waals surface area contributed by atoms with E-state index < -0.39 is 21.9 Å². The summed E-state index contributed by atoms with van der Waals surface area (Å²) in [7, 11) is -3.71. The molecule has 0 unspecified atom stereocenters. The molecule has 0 aliphatic heterocycles. The average molecular weight is 350 g/mol. The number of sulfonamides is 1. The van der Waals surface area contributed by atoms with Crippen LogP contribution in [0.4, 0.5) is 5.69 Å². The van der Waals surface area contributed by atoms with Gasteiger partial charge >= 0.3 is 5.97 Å². The van der Waals surface area contributed by atoms with Crippen LogP contribution >= 0.6 is 0 Å². The Kier molecular flexibility index (Phi) is 7.09. The minimum Gasteiger partial charge on any atom is -0.478 e. The number of rotatable bonds is 9. The number of carboxylic acid groups (broad SMARTS) is 1. The highest BCUT2D eigenvalue weighted by Crippen LogP contribution is 2.18. The number of hydrogen-bond acceptors (Lipinski definition) is 4. The van der Waals surface area contributed by atoms with Gasteiger partial charge < -0.3 is 10.4 Å². The number of carbonyl (C=O) groups excluding carboxylic acids is 1. The van der Waals surface area contributed by atoms with Crippen molar-refractivity contribution >= 4 is 27.6 Å². The quantitative estimate of drug-likeness (QED) is 0.520. The number of carbonyl (C=O) groups is 2. The molecule has 0 fully saturated rings. The van der Waals surface area contributed by atoms with Crippen molar-refractivity contribution in [1.29, 1.82) is 0 Å². The van der Waals surface area contributed by atoms with E-state index in [1.807, 2.05) is 0 Å². The molecule has 0 atom stereocenters. The summed E-state index contributed by atoms with van der Waals surface area (Å²) >= 11 is 0. The molecule has 8 heteroatoms. The normalized spacial score (nSPS) is 11.4. The number of nitrogens with zero attached hydrogens (tertiary/aromatic N) is 1. The second-order valence-electron chi connectivity index (χ2n) is 4.58. The van der Waals surface area contributed by atoms with E-state index in [0.717, 1.165) is 6.08 Å². The highest BCUT2D eigenvalue weighted by Gasteiger charge is 2.22. The van der Waals surface area contributed by atoms with E-state index in [1.54, 1.807) is 0 Å². The molecule has 24 heavy (non-hydrogen) atoms. The van der Waals surface area contributed by atoms with Gasteiger partial charge in [-0.15, -0.1) is 13.2 Å². The maximum Gasteiger partial charge on any atom is 0.328 e. The van der Waals surface area contributed by atoms with Gasteiger partial charge in [-0.1, -0.05) is 12.2 Å². The van der Waals surface area contributed by atoms with E-state index in [9.17, 15) is 18.0 Å². The fourth-order valence-corrected chi connectivity index (χ4v) is 3.13. The summed E-state index contributed by atoms with van der Waals surface area (Å²) in [5.41, 5.74) is 0.341. The highest BCUT2D eigenvalue weighted by molar-refractivity contribution is 7.89. The molecule has 0 aromatic heterocycles. The third-order valence-electron chi connectivity index (χ3n) is 2.80. The lowest BCUT2D eigenvalue weighted by atomic mass is 10.3. The van der Waals surface area contributed by atoms with Crippen LogP contribution in [0.5, 0.6) is 0 Å². The van der Waals surface area contributed by atoms with Crippen molar-refractivity contribution in [1.82, 2.24) is 4.31 Å². The zero-order chi connectivity index (χ0) is 18.2. The standard InChI is InChI=1S/C16H18N2O5S/c1-3-11-18(12-4-2)24(22,23)14-7-5-13(6-8-14)17-15(19)9-10-16(20)21/h3-10H,1-2,11-12H2,(H,17,19)(H,20,21). The summed E-state index contributed by atoms with van der Waals surface area (Å²) in [5, 5.41) is 10.9. The molecule has 0 aliphatic rings. The Morgan fingerprint density at radius 3 is 2.08 bits per heavy atom. The number of anilines is 1. The minimum absolute atomic E-state index is 0.0604. The number of benzene rings is 1. The first kappa shape index (κ1) is 19.3. The van der Waals surface area contributed by atoms with E-state index in [0.29, 0.717) is 11.8 Å². The molecule has 0 heterocycles. The van der Waals surface area contributed by atoms with Gasteiger partial charge in [0.15, 0.2) is 0 Å². The average Bonchev–Trinajstić information content (AvgIpc) is 2.53. The Hall–Kier alpha value is -2.71. The summed E-state index contributed by atoms with van der Waals surface area (Å²) in [6.07, 6.45) is 4.52.